The van der Waals surface area contributed by atoms with Crippen LogP contribution in [0.3, 0.4) is 0 Å². The first kappa shape index (κ1) is 17.4. The van der Waals surface area contributed by atoms with Crippen LogP contribution >= 0.6 is 0 Å². The Morgan fingerprint density at radius 3 is 2.44 bits per heavy atom. The standard InChI is InChI=1S/C18H24N4O3/c1-12-3-5-13(6-4-12)18(2)16(24)22(17(25)20-18)11-15(23)21-9-7-14(19)8-10-21/h3-6,14H,7-11,19H2,1-2H3,(H,20,25). The van der Waals surface area contributed by atoms with E-state index in [4.69, 9.17) is 5.73 Å². The molecular formula is C18H24N4O3. The molecule has 1 atom stereocenters. The maximum Gasteiger partial charge on any atom is 0.325 e. The Morgan fingerprint density at radius 1 is 1.24 bits per heavy atom. The molecule has 2 heterocycles. The van der Waals surface area contributed by atoms with Crippen molar-refractivity contribution < 1.29 is 14.4 Å². The molecule has 2 aliphatic rings. The minimum absolute atomic E-state index is 0.116. The van der Waals surface area contributed by atoms with Crippen LogP contribution in [0.25, 0.3) is 0 Å². The van der Waals surface area contributed by atoms with E-state index in [1.165, 1.54) is 0 Å². The summed E-state index contributed by atoms with van der Waals surface area (Å²) in [4.78, 5) is 40.3. The van der Waals surface area contributed by atoms with Crippen molar-refractivity contribution in [2.24, 2.45) is 5.73 Å². The number of carbonyl (C=O) groups is 3. The zero-order valence-electron chi connectivity index (χ0n) is 14.6. The maximum atomic E-state index is 12.8. The van der Waals surface area contributed by atoms with Crippen LogP contribution in [0, 0.1) is 6.92 Å². The molecule has 0 bridgehead atoms. The molecule has 2 fully saturated rings. The van der Waals surface area contributed by atoms with E-state index in [1.807, 2.05) is 31.2 Å². The average Bonchev–Trinajstić information content (AvgIpc) is 2.80. The summed E-state index contributed by atoms with van der Waals surface area (Å²) >= 11 is 0. The average molecular weight is 344 g/mol. The van der Waals surface area contributed by atoms with Gasteiger partial charge in [0, 0.05) is 19.1 Å². The molecule has 0 spiro atoms. The van der Waals surface area contributed by atoms with Gasteiger partial charge in [-0.2, -0.15) is 0 Å². The van der Waals surface area contributed by atoms with Gasteiger partial charge in [-0.1, -0.05) is 29.8 Å². The van der Waals surface area contributed by atoms with Crippen molar-refractivity contribution in [3.63, 3.8) is 0 Å². The highest BCUT2D eigenvalue weighted by molar-refractivity contribution is 6.09. The summed E-state index contributed by atoms with van der Waals surface area (Å²) in [5.74, 6) is -0.619. The molecule has 3 rings (SSSR count). The first-order valence-electron chi connectivity index (χ1n) is 8.56. The van der Waals surface area contributed by atoms with E-state index in [0.717, 1.165) is 23.3 Å². The molecule has 2 aliphatic heterocycles. The topological polar surface area (TPSA) is 95.7 Å². The fourth-order valence-electron chi connectivity index (χ4n) is 3.31. The van der Waals surface area contributed by atoms with Crippen LogP contribution in [-0.4, -0.2) is 53.3 Å². The van der Waals surface area contributed by atoms with E-state index in [1.54, 1.807) is 11.8 Å². The van der Waals surface area contributed by atoms with E-state index in [2.05, 4.69) is 5.32 Å². The highest BCUT2D eigenvalue weighted by atomic mass is 16.2. The van der Waals surface area contributed by atoms with Gasteiger partial charge in [0.2, 0.25) is 5.91 Å². The van der Waals surface area contributed by atoms with E-state index >= 15 is 0 Å². The molecule has 1 unspecified atom stereocenters. The monoisotopic (exact) mass is 344 g/mol. The fourth-order valence-corrected chi connectivity index (χ4v) is 3.31. The molecule has 7 heteroatoms. The van der Waals surface area contributed by atoms with Crippen LogP contribution in [0.15, 0.2) is 24.3 Å². The third kappa shape index (κ3) is 3.24. The van der Waals surface area contributed by atoms with Gasteiger partial charge in [-0.15, -0.1) is 0 Å². The number of carbonyl (C=O) groups excluding carboxylic acids is 3. The fraction of sp³-hybridized carbons (Fsp3) is 0.500. The summed E-state index contributed by atoms with van der Waals surface area (Å²) in [6, 6.07) is 7.02. The Bertz CT molecular complexity index is 695. The number of aryl methyl sites for hydroxylation is 1. The van der Waals surface area contributed by atoms with Crippen LogP contribution < -0.4 is 11.1 Å². The van der Waals surface area contributed by atoms with Crippen LogP contribution in [0.5, 0.6) is 0 Å². The lowest BCUT2D eigenvalue weighted by molar-refractivity contribution is -0.139. The molecule has 25 heavy (non-hydrogen) atoms. The normalized spacial score (nSPS) is 24.6. The zero-order valence-corrected chi connectivity index (χ0v) is 14.6. The highest BCUT2D eigenvalue weighted by Gasteiger charge is 2.49. The van der Waals surface area contributed by atoms with Crippen molar-refractivity contribution in [2.75, 3.05) is 19.6 Å². The van der Waals surface area contributed by atoms with Crippen LogP contribution in [-0.2, 0) is 15.1 Å². The number of amides is 4. The van der Waals surface area contributed by atoms with Crippen LogP contribution in [0.4, 0.5) is 4.79 Å². The van der Waals surface area contributed by atoms with E-state index < -0.39 is 17.5 Å². The number of piperidine rings is 1. The van der Waals surface area contributed by atoms with Gasteiger partial charge < -0.3 is 16.0 Å². The molecule has 0 saturated carbocycles. The summed E-state index contributed by atoms with van der Waals surface area (Å²) in [5.41, 5.74) is 6.48. The lowest BCUT2D eigenvalue weighted by Crippen LogP contribution is -2.48. The van der Waals surface area contributed by atoms with Crippen molar-refractivity contribution >= 4 is 17.8 Å². The Morgan fingerprint density at radius 2 is 1.84 bits per heavy atom. The molecule has 1 aromatic carbocycles. The molecule has 0 radical (unpaired) electrons. The maximum absolute atomic E-state index is 12.8. The lowest BCUT2D eigenvalue weighted by atomic mass is 9.91. The second-order valence-corrected chi connectivity index (χ2v) is 7.03. The minimum atomic E-state index is -1.14. The number of imide groups is 1. The van der Waals surface area contributed by atoms with Gasteiger partial charge in [0.1, 0.15) is 12.1 Å². The van der Waals surface area contributed by atoms with Gasteiger partial charge in [-0.05, 0) is 32.3 Å². The highest BCUT2D eigenvalue weighted by Crippen LogP contribution is 2.29. The number of urea groups is 1. The van der Waals surface area contributed by atoms with Crippen molar-refractivity contribution in [1.29, 1.82) is 0 Å². The van der Waals surface area contributed by atoms with E-state index in [0.29, 0.717) is 18.7 Å². The van der Waals surface area contributed by atoms with E-state index in [-0.39, 0.29) is 18.5 Å². The summed E-state index contributed by atoms with van der Waals surface area (Å²) in [6.07, 6.45) is 1.49. The summed E-state index contributed by atoms with van der Waals surface area (Å²) < 4.78 is 0. The number of nitrogens with one attached hydrogen (secondary N) is 1. The van der Waals surface area contributed by atoms with Gasteiger partial charge in [0.25, 0.3) is 5.91 Å². The molecular weight excluding hydrogens is 320 g/mol. The molecule has 3 N–H and O–H groups in total. The second-order valence-electron chi connectivity index (χ2n) is 7.03. The molecule has 0 aromatic heterocycles. The minimum Gasteiger partial charge on any atom is -0.341 e. The Kier molecular flexibility index (Phi) is 4.51. The first-order chi connectivity index (χ1) is 11.8. The largest absolute Gasteiger partial charge is 0.341 e. The third-order valence-electron chi connectivity index (χ3n) is 5.09. The molecule has 2 saturated heterocycles. The summed E-state index contributed by atoms with van der Waals surface area (Å²) in [7, 11) is 0. The summed E-state index contributed by atoms with van der Waals surface area (Å²) in [5, 5.41) is 2.73. The second kappa shape index (κ2) is 6.48. The van der Waals surface area contributed by atoms with Gasteiger partial charge in [-0.25, -0.2) is 4.79 Å². The predicted molar refractivity (Wildman–Crippen MR) is 92.6 cm³/mol. The van der Waals surface area contributed by atoms with Crippen molar-refractivity contribution in [1.82, 2.24) is 15.1 Å². The summed E-state index contributed by atoms with van der Waals surface area (Å²) in [6.45, 7) is 4.53. The third-order valence-corrected chi connectivity index (χ3v) is 5.09. The molecule has 4 amide bonds. The van der Waals surface area contributed by atoms with Crippen LogP contribution in [0.2, 0.25) is 0 Å². The van der Waals surface area contributed by atoms with Crippen molar-refractivity contribution in [3.8, 4) is 0 Å². The first-order valence-corrected chi connectivity index (χ1v) is 8.56. The number of nitrogens with two attached hydrogens (primary N) is 1. The van der Waals surface area contributed by atoms with E-state index in [9.17, 15) is 14.4 Å². The number of nitrogens with zero attached hydrogens (tertiary/aromatic N) is 2. The van der Waals surface area contributed by atoms with Crippen molar-refractivity contribution in [3.05, 3.63) is 35.4 Å². The number of rotatable bonds is 3. The molecule has 1 aromatic rings. The molecule has 7 nitrogen and oxygen atoms in total. The Hall–Kier alpha value is -2.41. The Balaban J connectivity index is 1.73. The Labute approximate surface area is 147 Å². The van der Waals surface area contributed by atoms with Gasteiger partial charge in [0.15, 0.2) is 0 Å². The van der Waals surface area contributed by atoms with Crippen molar-refractivity contribution in [2.45, 2.75) is 38.3 Å². The number of likely N-dealkylation sites (tertiary alicyclic amines) is 1. The predicted octanol–water partition coefficient (Wildman–Crippen LogP) is 0.712. The number of benzene rings is 1. The zero-order chi connectivity index (χ0) is 18.2. The molecule has 134 valence electrons. The van der Waals surface area contributed by atoms with Gasteiger partial charge >= 0.3 is 6.03 Å². The number of hydrogen-bond acceptors (Lipinski definition) is 4. The smallest absolute Gasteiger partial charge is 0.325 e. The molecule has 0 aliphatic carbocycles. The van der Waals surface area contributed by atoms with Gasteiger partial charge in [0.05, 0.1) is 0 Å². The quantitative estimate of drug-likeness (QED) is 0.790. The van der Waals surface area contributed by atoms with Gasteiger partial charge in [-0.3, -0.25) is 14.5 Å². The SMILES string of the molecule is Cc1ccc(C2(C)NC(=O)N(CC(=O)N3CCC(N)CC3)C2=O)cc1. The number of hydrogen-bond donors (Lipinski definition) is 2. The lowest BCUT2D eigenvalue weighted by Gasteiger charge is -2.31. The van der Waals surface area contributed by atoms with Crippen LogP contribution in [0.1, 0.15) is 30.9 Å².